The molecule has 6 rings (SSSR count). The Balaban J connectivity index is 1.14. The van der Waals surface area contributed by atoms with Crippen LogP contribution in [0.1, 0.15) is 48.0 Å². The molecule has 0 spiro atoms. The number of nitrogens with one attached hydrogen (secondary N) is 3. The number of nitrogens with zero attached hydrogens (tertiary/aromatic N) is 4. The highest BCUT2D eigenvalue weighted by Crippen LogP contribution is 2.43. The van der Waals surface area contributed by atoms with Crippen molar-refractivity contribution in [2.45, 2.75) is 45.1 Å². The van der Waals surface area contributed by atoms with Crippen molar-refractivity contribution in [2.24, 2.45) is 5.41 Å². The van der Waals surface area contributed by atoms with Gasteiger partial charge in [-0.25, -0.2) is 9.97 Å². The number of aromatic amines is 1. The van der Waals surface area contributed by atoms with Crippen LogP contribution in [0.15, 0.2) is 54.9 Å². The van der Waals surface area contributed by atoms with E-state index in [0.29, 0.717) is 47.5 Å². The fraction of sp³-hybridized carbons (Fsp3) is 0.387. The average Bonchev–Trinajstić information content (AvgIpc) is 3.38. The molecule has 4 heterocycles. The third-order valence-corrected chi connectivity index (χ3v) is 8.16. The molecule has 2 fully saturated rings. The molecule has 1 atom stereocenters. The van der Waals surface area contributed by atoms with Gasteiger partial charge in [0, 0.05) is 50.3 Å². The summed E-state index contributed by atoms with van der Waals surface area (Å²) in [5, 5.41) is 14.6. The molecule has 4 aromatic rings. The zero-order valence-corrected chi connectivity index (χ0v) is 23.9. The molecule has 0 bridgehead atoms. The summed E-state index contributed by atoms with van der Waals surface area (Å²) in [5.74, 6) is 2.23. The lowest BCUT2D eigenvalue weighted by Crippen LogP contribution is -2.54. The number of aryl methyl sites for hydroxylation is 1. The number of amides is 2. The van der Waals surface area contributed by atoms with Gasteiger partial charge in [0.05, 0.1) is 12.0 Å². The maximum absolute atomic E-state index is 13.4. The van der Waals surface area contributed by atoms with E-state index in [1.54, 1.807) is 49.8 Å². The number of pyridine rings is 2. The van der Waals surface area contributed by atoms with Gasteiger partial charge in [-0.05, 0) is 74.6 Å². The molecule has 3 aromatic heterocycles. The predicted octanol–water partition coefficient (Wildman–Crippen LogP) is 4.93. The number of benzene rings is 1. The van der Waals surface area contributed by atoms with Gasteiger partial charge < -0.3 is 25.0 Å². The van der Waals surface area contributed by atoms with Gasteiger partial charge in [-0.3, -0.25) is 14.7 Å². The van der Waals surface area contributed by atoms with Crippen LogP contribution in [0.25, 0.3) is 11.0 Å². The lowest BCUT2D eigenvalue weighted by molar-refractivity contribution is -0.153. The molecule has 1 aliphatic heterocycles. The molecule has 218 valence electrons. The van der Waals surface area contributed by atoms with Gasteiger partial charge in [0.2, 0.25) is 5.91 Å². The second-order valence-electron chi connectivity index (χ2n) is 11.2. The summed E-state index contributed by atoms with van der Waals surface area (Å²) in [6.07, 6.45) is 8.00. The number of likely N-dealkylation sites (tertiary alicyclic amines) is 1. The van der Waals surface area contributed by atoms with E-state index in [1.807, 2.05) is 24.0 Å². The van der Waals surface area contributed by atoms with Crippen LogP contribution < -0.4 is 15.4 Å². The molecule has 1 saturated heterocycles. The molecular weight excluding hydrogens is 534 g/mol. The van der Waals surface area contributed by atoms with Crippen LogP contribution in [0.2, 0.25) is 0 Å². The van der Waals surface area contributed by atoms with E-state index in [4.69, 9.17) is 9.47 Å². The van der Waals surface area contributed by atoms with Crippen molar-refractivity contribution in [3.05, 3.63) is 66.0 Å². The fourth-order valence-electron chi connectivity index (χ4n) is 5.81. The van der Waals surface area contributed by atoms with Gasteiger partial charge in [0.1, 0.15) is 22.7 Å². The summed E-state index contributed by atoms with van der Waals surface area (Å²) in [5.41, 5.74) is 1.73. The third-order valence-electron chi connectivity index (χ3n) is 8.16. The molecule has 3 N–H and O–H groups in total. The standard InChI is InChI=1S/C31H35N7O4/c1-20-10-14-32-25(17-20)35-29(39)21-6-8-23(9-7-21)42-24-11-15-33-27-26(24)28(37-36-27)34-22-5-3-16-38(18-22)30(40)31(19-41-2)12-4-13-31/h6-11,14-15,17,22H,3-5,12-13,16,18-19H2,1-2H3,(H,32,35,39)(H2,33,34,36,37). The molecule has 42 heavy (non-hydrogen) atoms. The zero-order valence-electron chi connectivity index (χ0n) is 23.9. The molecule has 0 radical (unpaired) electrons. The second-order valence-corrected chi connectivity index (χ2v) is 11.2. The quantitative estimate of drug-likeness (QED) is 0.258. The monoisotopic (exact) mass is 569 g/mol. The first kappa shape index (κ1) is 27.6. The SMILES string of the molecule is COCC1(C(=O)N2CCCC(Nc3n[nH]c4nccc(Oc5ccc(C(=O)Nc6cc(C)ccn6)cc5)c34)C2)CCC1. The summed E-state index contributed by atoms with van der Waals surface area (Å²) in [6.45, 7) is 3.79. The number of aromatic nitrogens is 4. The number of carbonyl (C=O) groups is 2. The lowest BCUT2D eigenvalue weighted by Gasteiger charge is -2.45. The summed E-state index contributed by atoms with van der Waals surface area (Å²) in [7, 11) is 1.67. The number of carbonyl (C=O) groups excluding carboxylic acids is 2. The van der Waals surface area contributed by atoms with Gasteiger partial charge in [0.15, 0.2) is 11.5 Å². The molecule has 1 aliphatic carbocycles. The van der Waals surface area contributed by atoms with Crippen molar-refractivity contribution in [1.29, 1.82) is 0 Å². The van der Waals surface area contributed by atoms with E-state index >= 15 is 0 Å². The van der Waals surface area contributed by atoms with Gasteiger partial charge in [-0.15, -0.1) is 0 Å². The minimum Gasteiger partial charge on any atom is -0.456 e. The van der Waals surface area contributed by atoms with Crippen LogP contribution in [0.4, 0.5) is 11.6 Å². The normalized spacial score (nSPS) is 17.9. The Hall–Kier alpha value is -4.51. The predicted molar refractivity (Wildman–Crippen MR) is 159 cm³/mol. The average molecular weight is 570 g/mol. The number of methoxy groups -OCH3 is 1. The van der Waals surface area contributed by atoms with Crippen LogP contribution in [-0.4, -0.2) is 69.7 Å². The van der Waals surface area contributed by atoms with Crippen molar-refractivity contribution in [1.82, 2.24) is 25.1 Å². The first-order valence-corrected chi connectivity index (χ1v) is 14.3. The minimum absolute atomic E-state index is 0.0441. The van der Waals surface area contributed by atoms with Crippen molar-refractivity contribution in [2.75, 3.05) is 37.4 Å². The van der Waals surface area contributed by atoms with Gasteiger partial charge >= 0.3 is 0 Å². The molecule has 2 aliphatic rings. The zero-order chi connectivity index (χ0) is 29.1. The first-order chi connectivity index (χ1) is 20.4. The largest absolute Gasteiger partial charge is 0.456 e. The Morgan fingerprint density at radius 3 is 2.64 bits per heavy atom. The first-order valence-electron chi connectivity index (χ1n) is 14.3. The number of H-pyrrole nitrogens is 1. The van der Waals surface area contributed by atoms with Crippen LogP contribution in [0.5, 0.6) is 11.5 Å². The highest BCUT2D eigenvalue weighted by molar-refractivity contribution is 6.03. The maximum atomic E-state index is 13.4. The van der Waals surface area contributed by atoms with Crippen LogP contribution >= 0.6 is 0 Å². The van der Waals surface area contributed by atoms with E-state index in [-0.39, 0.29) is 23.3 Å². The van der Waals surface area contributed by atoms with Gasteiger partial charge in [0.25, 0.3) is 5.91 Å². The smallest absolute Gasteiger partial charge is 0.256 e. The molecule has 11 heteroatoms. The number of hydrogen-bond donors (Lipinski definition) is 3. The summed E-state index contributed by atoms with van der Waals surface area (Å²) in [4.78, 5) is 36.7. The number of anilines is 2. The maximum Gasteiger partial charge on any atom is 0.256 e. The Bertz CT molecular complexity index is 1580. The Labute approximate surface area is 244 Å². The lowest BCUT2D eigenvalue weighted by atomic mass is 9.68. The molecule has 1 aromatic carbocycles. The highest BCUT2D eigenvalue weighted by Gasteiger charge is 2.47. The van der Waals surface area contributed by atoms with Gasteiger partial charge in [-0.1, -0.05) is 6.42 Å². The molecule has 2 amide bonds. The molecular formula is C31H35N7O4. The summed E-state index contributed by atoms with van der Waals surface area (Å²) in [6, 6.07) is 12.4. The number of fused-ring (bicyclic) bond motifs is 1. The second kappa shape index (κ2) is 11.8. The molecule has 1 saturated carbocycles. The molecule has 11 nitrogen and oxygen atoms in total. The third kappa shape index (κ3) is 5.64. The topological polar surface area (TPSA) is 134 Å². The van der Waals surface area contributed by atoms with E-state index in [1.165, 1.54) is 0 Å². The van der Waals surface area contributed by atoms with Gasteiger partial charge in [-0.2, -0.15) is 5.10 Å². The van der Waals surface area contributed by atoms with Crippen LogP contribution in [-0.2, 0) is 9.53 Å². The van der Waals surface area contributed by atoms with E-state index in [2.05, 4.69) is 30.8 Å². The number of piperidine rings is 1. The van der Waals surface area contributed by atoms with Crippen molar-refractivity contribution >= 4 is 34.5 Å². The number of rotatable bonds is 9. The Morgan fingerprint density at radius 2 is 1.90 bits per heavy atom. The fourth-order valence-corrected chi connectivity index (χ4v) is 5.81. The number of hydrogen-bond acceptors (Lipinski definition) is 8. The Morgan fingerprint density at radius 1 is 1.10 bits per heavy atom. The molecule has 1 unspecified atom stereocenters. The van der Waals surface area contributed by atoms with Crippen molar-refractivity contribution in [3.63, 3.8) is 0 Å². The minimum atomic E-state index is -0.367. The van der Waals surface area contributed by atoms with Crippen molar-refractivity contribution < 1.29 is 19.1 Å². The summed E-state index contributed by atoms with van der Waals surface area (Å²) >= 11 is 0. The number of ether oxygens (including phenoxy) is 2. The van der Waals surface area contributed by atoms with E-state index in [9.17, 15) is 9.59 Å². The summed E-state index contributed by atoms with van der Waals surface area (Å²) < 4.78 is 11.6. The van der Waals surface area contributed by atoms with Crippen LogP contribution in [0, 0.1) is 12.3 Å². The van der Waals surface area contributed by atoms with Crippen LogP contribution in [0.3, 0.4) is 0 Å². The van der Waals surface area contributed by atoms with E-state index < -0.39 is 0 Å². The Kier molecular flexibility index (Phi) is 7.75. The highest BCUT2D eigenvalue weighted by atomic mass is 16.5. The van der Waals surface area contributed by atoms with Crippen molar-refractivity contribution in [3.8, 4) is 11.5 Å². The van der Waals surface area contributed by atoms with E-state index in [0.717, 1.165) is 49.6 Å².